The molecule has 0 aliphatic rings. The molecular weight excluding hydrogens is 201 g/mol. The third-order valence-electron chi connectivity index (χ3n) is 2.49. The van der Waals surface area contributed by atoms with Crippen LogP contribution in [0.5, 0.6) is 0 Å². The first-order valence-electron chi connectivity index (χ1n) is 5.24. The summed E-state index contributed by atoms with van der Waals surface area (Å²) in [5.74, 6) is -0.512. The molecule has 0 amide bonds. The highest BCUT2D eigenvalue weighted by Gasteiger charge is 2.00. The van der Waals surface area contributed by atoms with Crippen molar-refractivity contribution in [2.75, 3.05) is 0 Å². The maximum Gasteiger partial charge on any atom is 0.140 e. The second-order valence-electron chi connectivity index (χ2n) is 3.64. The lowest BCUT2D eigenvalue weighted by molar-refractivity contribution is 0.683. The molecule has 84 valence electrons. The normalized spacial score (nSPS) is 12.7. The van der Waals surface area contributed by atoms with Crippen molar-refractivity contribution in [3.05, 3.63) is 58.9 Å². The SMILES string of the molecule is C/C=C(\C=C(\F)C=N)Cc1ccccc1C. The second kappa shape index (κ2) is 6.01. The fourth-order valence-corrected chi connectivity index (χ4v) is 1.48. The number of allylic oxidation sites excluding steroid dienone is 4. The Hall–Kier alpha value is -1.70. The molecule has 1 nitrogen and oxygen atoms in total. The summed E-state index contributed by atoms with van der Waals surface area (Å²) in [5, 5.41) is 6.80. The van der Waals surface area contributed by atoms with Gasteiger partial charge < -0.3 is 5.41 Å². The zero-order valence-corrected chi connectivity index (χ0v) is 9.63. The highest BCUT2D eigenvalue weighted by atomic mass is 19.1. The summed E-state index contributed by atoms with van der Waals surface area (Å²) in [5.41, 5.74) is 3.27. The number of benzene rings is 1. The quantitative estimate of drug-likeness (QED) is 0.582. The molecule has 0 radical (unpaired) electrons. The van der Waals surface area contributed by atoms with E-state index in [0.29, 0.717) is 6.42 Å². The summed E-state index contributed by atoms with van der Waals surface area (Å²) in [4.78, 5) is 0. The van der Waals surface area contributed by atoms with Gasteiger partial charge in [-0.15, -0.1) is 0 Å². The van der Waals surface area contributed by atoms with Crippen LogP contribution < -0.4 is 0 Å². The molecule has 0 heterocycles. The van der Waals surface area contributed by atoms with Crippen LogP contribution in [0.25, 0.3) is 0 Å². The summed E-state index contributed by atoms with van der Waals surface area (Å²) in [6, 6.07) is 8.04. The third kappa shape index (κ3) is 3.46. The molecular formula is C14H16FN. The molecule has 0 saturated heterocycles. The topological polar surface area (TPSA) is 23.9 Å². The van der Waals surface area contributed by atoms with Gasteiger partial charge in [-0.05, 0) is 43.0 Å². The van der Waals surface area contributed by atoms with E-state index in [1.54, 1.807) is 0 Å². The summed E-state index contributed by atoms with van der Waals surface area (Å²) < 4.78 is 12.9. The van der Waals surface area contributed by atoms with Gasteiger partial charge in [-0.2, -0.15) is 0 Å². The fraction of sp³-hybridized carbons (Fsp3) is 0.214. The summed E-state index contributed by atoms with van der Waals surface area (Å²) in [6.07, 6.45) is 4.70. The smallest absolute Gasteiger partial charge is 0.140 e. The predicted molar refractivity (Wildman–Crippen MR) is 66.6 cm³/mol. The Labute approximate surface area is 95.8 Å². The molecule has 16 heavy (non-hydrogen) atoms. The minimum atomic E-state index is -0.512. The first kappa shape index (κ1) is 12.4. The van der Waals surface area contributed by atoms with Crippen LogP contribution in [0.4, 0.5) is 4.39 Å². The van der Waals surface area contributed by atoms with Crippen molar-refractivity contribution in [3.8, 4) is 0 Å². The Balaban J connectivity index is 2.88. The first-order valence-corrected chi connectivity index (χ1v) is 5.24. The lowest BCUT2D eigenvalue weighted by Crippen LogP contribution is -1.92. The molecule has 0 spiro atoms. The van der Waals surface area contributed by atoms with Crippen molar-refractivity contribution >= 4 is 6.21 Å². The van der Waals surface area contributed by atoms with E-state index >= 15 is 0 Å². The first-order chi connectivity index (χ1) is 7.67. The van der Waals surface area contributed by atoms with E-state index in [0.717, 1.165) is 11.8 Å². The molecule has 1 aromatic rings. The van der Waals surface area contributed by atoms with Crippen LogP contribution >= 0.6 is 0 Å². The average Bonchev–Trinajstić information content (AvgIpc) is 2.30. The van der Waals surface area contributed by atoms with E-state index in [4.69, 9.17) is 5.41 Å². The standard InChI is InChI=1S/C14H16FN/c1-3-12(9-14(15)10-16)8-13-7-5-4-6-11(13)2/h3-7,9-10,16H,8H2,1-2H3/b12-3-,14-9+,16-10?. The zero-order valence-electron chi connectivity index (χ0n) is 9.63. The molecule has 1 N–H and O–H groups in total. The van der Waals surface area contributed by atoms with Gasteiger partial charge >= 0.3 is 0 Å². The molecule has 0 unspecified atom stereocenters. The number of rotatable bonds is 4. The number of nitrogens with one attached hydrogen (secondary N) is 1. The van der Waals surface area contributed by atoms with E-state index < -0.39 is 5.83 Å². The van der Waals surface area contributed by atoms with Crippen LogP contribution in [-0.4, -0.2) is 6.21 Å². The Morgan fingerprint density at radius 3 is 2.62 bits per heavy atom. The molecule has 1 aromatic carbocycles. The van der Waals surface area contributed by atoms with Gasteiger partial charge in [0.05, 0.1) is 6.21 Å². The lowest BCUT2D eigenvalue weighted by atomic mass is 10.0. The molecule has 0 aromatic heterocycles. The Bertz CT molecular complexity index is 430. The minimum absolute atomic E-state index is 0.512. The number of aryl methyl sites for hydroxylation is 1. The van der Waals surface area contributed by atoms with Crippen LogP contribution in [0.2, 0.25) is 0 Å². The van der Waals surface area contributed by atoms with Crippen molar-refractivity contribution in [1.82, 2.24) is 0 Å². The Morgan fingerprint density at radius 2 is 2.06 bits per heavy atom. The van der Waals surface area contributed by atoms with Crippen LogP contribution in [0.15, 0.2) is 47.8 Å². The lowest BCUT2D eigenvalue weighted by Gasteiger charge is -2.05. The molecule has 0 aliphatic carbocycles. The van der Waals surface area contributed by atoms with Gasteiger partial charge in [-0.1, -0.05) is 30.3 Å². The van der Waals surface area contributed by atoms with Crippen LogP contribution in [0, 0.1) is 12.3 Å². The maximum absolute atomic E-state index is 12.9. The number of hydrogen-bond donors (Lipinski definition) is 1. The van der Waals surface area contributed by atoms with Crippen LogP contribution in [0.3, 0.4) is 0 Å². The molecule has 0 aliphatic heterocycles. The van der Waals surface area contributed by atoms with E-state index in [2.05, 4.69) is 0 Å². The largest absolute Gasteiger partial charge is 0.306 e. The second-order valence-corrected chi connectivity index (χ2v) is 3.64. The van der Waals surface area contributed by atoms with Crippen molar-refractivity contribution in [2.24, 2.45) is 0 Å². The molecule has 1 rings (SSSR count). The van der Waals surface area contributed by atoms with Gasteiger partial charge in [0.1, 0.15) is 5.83 Å². The zero-order chi connectivity index (χ0) is 12.0. The van der Waals surface area contributed by atoms with Gasteiger partial charge in [0.25, 0.3) is 0 Å². The van der Waals surface area contributed by atoms with Gasteiger partial charge in [-0.3, -0.25) is 0 Å². The summed E-state index contributed by atoms with van der Waals surface area (Å²) >= 11 is 0. The molecule has 0 fully saturated rings. The van der Waals surface area contributed by atoms with Crippen molar-refractivity contribution in [1.29, 1.82) is 5.41 Å². The third-order valence-corrected chi connectivity index (χ3v) is 2.49. The highest BCUT2D eigenvalue weighted by Crippen LogP contribution is 2.14. The van der Waals surface area contributed by atoms with Crippen LogP contribution in [-0.2, 0) is 6.42 Å². The molecule has 0 bridgehead atoms. The van der Waals surface area contributed by atoms with E-state index in [1.807, 2.05) is 44.2 Å². The highest BCUT2D eigenvalue weighted by molar-refractivity contribution is 5.73. The Kier molecular flexibility index (Phi) is 4.65. The van der Waals surface area contributed by atoms with Crippen LogP contribution in [0.1, 0.15) is 18.1 Å². The van der Waals surface area contributed by atoms with E-state index in [9.17, 15) is 4.39 Å². The van der Waals surface area contributed by atoms with Gasteiger partial charge in [0.2, 0.25) is 0 Å². The van der Waals surface area contributed by atoms with Gasteiger partial charge in [0, 0.05) is 0 Å². The monoisotopic (exact) mass is 217 g/mol. The molecule has 2 heteroatoms. The summed E-state index contributed by atoms with van der Waals surface area (Å²) in [6.45, 7) is 3.92. The van der Waals surface area contributed by atoms with Crippen molar-refractivity contribution in [3.63, 3.8) is 0 Å². The molecule has 0 atom stereocenters. The Morgan fingerprint density at radius 1 is 1.38 bits per heavy atom. The van der Waals surface area contributed by atoms with Crippen molar-refractivity contribution < 1.29 is 4.39 Å². The number of halogens is 1. The van der Waals surface area contributed by atoms with Gasteiger partial charge in [-0.25, -0.2) is 4.39 Å². The predicted octanol–water partition coefficient (Wildman–Crippen LogP) is 3.99. The van der Waals surface area contributed by atoms with E-state index in [1.165, 1.54) is 17.2 Å². The number of hydrogen-bond acceptors (Lipinski definition) is 1. The average molecular weight is 217 g/mol. The minimum Gasteiger partial charge on any atom is -0.306 e. The van der Waals surface area contributed by atoms with E-state index in [-0.39, 0.29) is 0 Å². The molecule has 0 saturated carbocycles. The summed E-state index contributed by atoms with van der Waals surface area (Å²) in [7, 11) is 0. The fourth-order valence-electron chi connectivity index (χ4n) is 1.48. The maximum atomic E-state index is 12.9. The van der Waals surface area contributed by atoms with Crippen molar-refractivity contribution in [2.45, 2.75) is 20.3 Å². The van der Waals surface area contributed by atoms with Gasteiger partial charge in [0.15, 0.2) is 0 Å².